The van der Waals surface area contributed by atoms with Crippen molar-refractivity contribution in [3.8, 4) is 0 Å². The van der Waals surface area contributed by atoms with E-state index in [0.29, 0.717) is 26.3 Å². The summed E-state index contributed by atoms with van der Waals surface area (Å²) in [6.45, 7) is 15.2. The average Bonchev–Trinajstić information content (AvgIpc) is 3.00. The van der Waals surface area contributed by atoms with Crippen LogP contribution in [0.4, 0.5) is 9.59 Å². The minimum absolute atomic E-state index is 0. The zero-order chi connectivity index (χ0) is 25.7. The summed E-state index contributed by atoms with van der Waals surface area (Å²) < 4.78 is 20.5. The number of carbonyl (C=O) groups excluding carboxylic acids is 3. The molecule has 2 aliphatic heterocycles. The molecule has 0 aromatic heterocycles. The van der Waals surface area contributed by atoms with Crippen LogP contribution < -0.4 is 29.6 Å². The maximum Gasteiger partial charge on any atom is 1.00 e. The first-order valence-electron chi connectivity index (χ1n) is 11.1. The molecule has 2 aliphatic rings. The number of hydrogen-bond donors (Lipinski definition) is 2. The number of rotatable bonds is 0. The fourth-order valence-corrected chi connectivity index (χ4v) is 2.47. The second kappa shape index (κ2) is 19.3. The van der Waals surface area contributed by atoms with Gasteiger partial charge in [-0.05, 0) is 48.5 Å². The molecule has 1 unspecified atom stereocenters. The third kappa shape index (κ3) is 21.0. The standard InChI is InChI=1S/C10H19NO4.C10H17NO4.C2H6O.B.Na.H/c2*1-10(2,3)15-9(13)11-4-5-14-7-8(12)6-11;1-2-3;;;/h8,12H,4-7H2,1-3H3;4-7H2,1-3H3;3H,2H2,1H3;;;/q;;;;+1;-1. The summed E-state index contributed by atoms with van der Waals surface area (Å²) >= 11 is 0. The molecule has 1 atom stereocenters. The van der Waals surface area contributed by atoms with Gasteiger partial charge in [-0.1, -0.05) is 0 Å². The Balaban J connectivity index is -0.000000238. The van der Waals surface area contributed by atoms with E-state index in [2.05, 4.69) is 0 Å². The molecule has 0 aromatic carbocycles. The molecular weight excluding hydrogens is 470 g/mol. The molecule has 0 bridgehead atoms. The summed E-state index contributed by atoms with van der Waals surface area (Å²) in [5.41, 5.74) is -1.04. The molecule has 2 saturated heterocycles. The van der Waals surface area contributed by atoms with Crippen molar-refractivity contribution < 1.29 is 74.5 Å². The summed E-state index contributed by atoms with van der Waals surface area (Å²) in [5.74, 6) is -0.0987. The first-order chi connectivity index (χ1) is 15.2. The van der Waals surface area contributed by atoms with Crippen molar-refractivity contribution in [3.05, 3.63) is 0 Å². The summed E-state index contributed by atoms with van der Waals surface area (Å²) in [7, 11) is 0. The number of carbonyl (C=O) groups is 3. The van der Waals surface area contributed by atoms with Crippen LogP contribution in [0.2, 0.25) is 0 Å². The third-order valence-electron chi connectivity index (χ3n) is 3.69. The second-order valence-electron chi connectivity index (χ2n) is 9.46. The Morgan fingerprint density at radius 3 is 1.91 bits per heavy atom. The molecule has 199 valence electrons. The van der Waals surface area contributed by atoms with Crippen molar-refractivity contribution in [2.24, 2.45) is 0 Å². The van der Waals surface area contributed by atoms with Crippen molar-refractivity contribution in [2.75, 3.05) is 59.2 Å². The van der Waals surface area contributed by atoms with Gasteiger partial charge in [-0.3, -0.25) is 9.69 Å². The molecule has 0 aliphatic carbocycles. The number of ether oxygens (including phenoxy) is 4. The van der Waals surface area contributed by atoms with Crippen LogP contribution in [-0.4, -0.2) is 123 Å². The maximum atomic E-state index is 11.6. The predicted molar refractivity (Wildman–Crippen MR) is 128 cm³/mol. The fourth-order valence-electron chi connectivity index (χ4n) is 2.47. The van der Waals surface area contributed by atoms with Crippen LogP contribution in [0.5, 0.6) is 0 Å². The number of β-amino-alcohol motifs (C(OH)–C–C–N with tert-alkyl or cyclic N) is 1. The van der Waals surface area contributed by atoms with Crippen molar-refractivity contribution >= 4 is 26.4 Å². The number of Topliss-reactive ketones (excluding diaryl/α,β-unsaturated/α-hetero) is 1. The molecule has 2 heterocycles. The third-order valence-corrected chi connectivity index (χ3v) is 3.69. The fraction of sp³-hybridized carbons (Fsp3) is 0.864. The quantitative estimate of drug-likeness (QED) is 0.359. The summed E-state index contributed by atoms with van der Waals surface area (Å²) in [4.78, 5) is 37.3. The monoisotopic (exact) mass is 513 g/mol. The molecule has 35 heavy (non-hydrogen) atoms. The van der Waals surface area contributed by atoms with Gasteiger partial charge in [-0.25, -0.2) is 9.59 Å². The molecule has 11 nitrogen and oxygen atoms in total. The molecule has 2 amide bonds. The topological polar surface area (TPSA) is 135 Å². The first kappa shape index (κ1) is 38.6. The van der Waals surface area contributed by atoms with Gasteiger partial charge < -0.3 is 35.5 Å². The number of nitrogens with zero attached hydrogens (tertiary/aromatic N) is 2. The van der Waals surface area contributed by atoms with E-state index in [1.54, 1.807) is 27.7 Å². The van der Waals surface area contributed by atoms with Crippen LogP contribution in [-0.2, 0) is 23.7 Å². The van der Waals surface area contributed by atoms with Crippen LogP contribution in [0.25, 0.3) is 0 Å². The number of aliphatic hydroxyl groups is 2. The Morgan fingerprint density at radius 2 is 1.43 bits per heavy atom. The Hall–Kier alpha value is -0.885. The molecule has 3 radical (unpaired) electrons. The Bertz CT molecular complexity index is 619. The van der Waals surface area contributed by atoms with E-state index in [1.165, 1.54) is 9.80 Å². The minimum Gasteiger partial charge on any atom is -1.00 e. The molecular formula is C22H43BN2NaO9. The molecule has 0 aromatic rings. The zero-order valence-electron chi connectivity index (χ0n) is 23.7. The van der Waals surface area contributed by atoms with E-state index in [0.717, 1.165) is 0 Å². The molecule has 0 spiro atoms. The number of ketones is 1. The van der Waals surface area contributed by atoms with E-state index < -0.39 is 29.5 Å². The number of hydrogen-bond acceptors (Lipinski definition) is 9. The van der Waals surface area contributed by atoms with E-state index in [4.69, 9.17) is 24.1 Å². The Morgan fingerprint density at radius 1 is 1.00 bits per heavy atom. The number of aliphatic hydroxyl groups excluding tert-OH is 2. The van der Waals surface area contributed by atoms with Gasteiger partial charge in [0.05, 0.1) is 39.0 Å². The van der Waals surface area contributed by atoms with Crippen molar-refractivity contribution in [2.45, 2.75) is 65.8 Å². The van der Waals surface area contributed by atoms with Gasteiger partial charge in [0.2, 0.25) is 0 Å². The van der Waals surface area contributed by atoms with Crippen molar-refractivity contribution in [3.63, 3.8) is 0 Å². The van der Waals surface area contributed by atoms with E-state index >= 15 is 0 Å². The SMILES string of the molecule is CC(C)(C)OC(=O)N1CCOCC(=O)C1.CC(C)(C)OC(=O)N1CCOCC(O)C1.CCO.[B].[H-].[Na+]. The van der Waals surface area contributed by atoms with Crippen LogP contribution in [0.15, 0.2) is 0 Å². The van der Waals surface area contributed by atoms with Gasteiger partial charge in [-0.2, -0.15) is 0 Å². The second-order valence-corrected chi connectivity index (χ2v) is 9.46. The Labute approximate surface area is 235 Å². The summed E-state index contributed by atoms with van der Waals surface area (Å²) in [5, 5.41) is 17.0. The van der Waals surface area contributed by atoms with Gasteiger partial charge in [0, 0.05) is 28.1 Å². The average molecular weight is 513 g/mol. The smallest absolute Gasteiger partial charge is 1.00 e. The first-order valence-corrected chi connectivity index (χ1v) is 11.1. The van der Waals surface area contributed by atoms with Crippen LogP contribution in [0.1, 0.15) is 49.9 Å². The Kier molecular flexibility index (Phi) is 21.3. The van der Waals surface area contributed by atoms with Gasteiger partial charge in [0.1, 0.15) is 17.8 Å². The molecule has 2 rings (SSSR count). The predicted octanol–water partition coefficient (Wildman–Crippen LogP) is -1.83. The van der Waals surface area contributed by atoms with Gasteiger partial charge in [0.15, 0.2) is 5.78 Å². The molecule has 2 N–H and O–H groups in total. The molecule has 0 saturated carbocycles. The maximum absolute atomic E-state index is 11.6. The van der Waals surface area contributed by atoms with Gasteiger partial charge in [0.25, 0.3) is 0 Å². The van der Waals surface area contributed by atoms with E-state index in [9.17, 15) is 19.5 Å². The van der Waals surface area contributed by atoms with E-state index in [1.807, 2.05) is 20.8 Å². The number of amides is 2. The normalized spacial score (nSPS) is 18.5. The van der Waals surface area contributed by atoms with Crippen LogP contribution in [0, 0.1) is 0 Å². The van der Waals surface area contributed by atoms with Gasteiger partial charge in [-0.15, -0.1) is 0 Å². The van der Waals surface area contributed by atoms with Crippen LogP contribution in [0.3, 0.4) is 0 Å². The van der Waals surface area contributed by atoms with Crippen molar-refractivity contribution in [1.82, 2.24) is 9.80 Å². The van der Waals surface area contributed by atoms with Crippen LogP contribution >= 0.6 is 0 Å². The molecule has 2 fully saturated rings. The zero-order valence-corrected chi connectivity index (χ0v) is 24.7. The van der Waals surface area contributed by atoms with Crippen molar-refractivity contribution in [1.29, 1.82) is 0 Å². The summed E-state index contributed by atoms with van der Waals surface area (Å²) in [6.07, 6.45) is -1.48. The molecule has 13 heteroatoms. The summed E-state index contributed by atoms with van der Waals surface area (Å²) in [6, 6.07) is 0. The van der Waals surface area contributed by atoms with E-state index in [-0.39, 0.29) is 78.1 Å². The minimum atomic E-state index is -0.625. The van der Waals surface area contributed by atoms with Gasteiger partial charge >= 0.3 is 41.7 Å². The largest absolute Gasteiger partial charge is 1.00 e.